The molecular formula is C21H27F3N4O2. The van der Waals surface area contributed by atoms with Crippen LogP contribution in [0.5, 0.6) is 5.75 Å². The zero-order chi connectivity index (χ0) is 21.6. The Balaban J connectivity index is 1.48. The van der Waals surface area contributed by atoms with E-state index in [0.717, 1.165) is 28.8 Å². The molecule has 1 fully saturated rings. The predicted molar refractivity (Wildman–Crippen MR) is 106 cm³/mol. The Hall–Kier alpha value is -2.55. The maximum absolute atomic E-state index is 12.7. The highest BCUT2D eigenvalue weighted by Crippen LogP contribution is 2.19. The lowest BCUT2D eigenvalue weighted by atomic mass is 10.1. The van der Waals surface area contributed by atoms with Crippen LogP contribution in [0.2, 0.25) is 0 Å². The quantitative estimate of drug-likeness (QED) is 0.685. The fraction of sp³-hybridized carbons (Fsp3) is 0.524. The fourth-order valence-electron chi connectivity index (χ4n) is 3.61. The zero-order valence-electron chi connectivity index (χ0n) is 17.1. The number of benzene rings is 1. The van der Waals surface area contributed by atoms with Crippen LogP contribution in [0.4, 0.5) is 13.2 Å². The van der Waals surface area contributed by atoms with Crippen LogP contribution >= 0.6 is 0 Å². The van der Waals surface area contributed by atoms with Crippen molar-refractivity contribution in [2.75, 3.05) is 33.3 Å². The third-order valence-corrected chi connectivity index (χ3v) is 5.24. The number of carbonyl (C=O) groups is 1. The van der Waals surface area contributed by atoms with Gasteiger partial charge in [0.15, 0.2) is 0 Å². The summed E-state index contributed by atoms with van der Waals surface area (Å²) in [6.07, 6.45) is 0.360. The maximum atomic E-state index is 12.7. The topological polar surface area (TPSA) is 50.6 Å². The normalized spacial score (nSPS) is 15.8. The van der Waals surface area contributed by atoms with E-state index in [9.17, 15) is 18.0 Å². The van der Waals surface area contributed by atoms with Gasteiger partial charge in [-0.3, -0.25) is 9.69 Å². The lowest BCUT2D eigenvalue weighted by molar-refractivity contribution is -0.141. The second-order valence-electron chi connectivity index (χ2n) is 7.45. The number of rotatable bonds is 7. The number of imidazole rings is 1. The highest BCUT2D eigenvalue weighted by Gasteiger charge is 2.29. The van der Waals surface area contributed by atoms with E-state index in [1.165, 1.54) is 12.4 Å². The van der Waals surface area contributed by atoms with Crippen LogP contribution in [-0.4, -0.2) is 64.7 Å². The van der Waals surface area contributed by atoms with Gasteiger partial charge < -0.3 is 14.2 Å². The first-order chi connectivity index (χ1) is 14.3. The predicted octanol–water partition coefficient (Wildman–Crippen LogP) is 3.12. The Kier molecular flexibility index (Phi) is 7.36. The van der Waals surface area contributed by atoms with Crippen molar-refractivity contribution in [3.63, 3.8) is 0 Å². The average molecular weight is 424 g/mol. The van der Waals surface area contributed by atoms with Crippen molar-refractivity contribution >= 4 is 5.91 Å². The van der Waals surface area contributed by atoms with E-state index in [0.29, 0.717) is 44.8 Å². The van der Waals surface area contributed by atoms with Crippen LogP contribution in [0.3, 0.4) is 0 Å². The number of amides is 1. The van der Waals surface area contributed by atoms with Gasteiger partial charge in [0.05, 0.1) is 13.7 Å². The van der Waals surface area contributed by atoms with Crippen LogP contribution < -0.4 is 4.74 Å². The summed E-state index contributed by atoms with van der Waals surface area (Å²) in [4.78, 5) is 20.6. The molecule has 0 bridgehead atoms. The third-order valence-electron chi connectivity index (χ3n) is 5.24. The number of alkyl halides is 3. The van der Waals surface area contributed by atoms with Crippen LogP contribution in [0.15, 0.2) is 36.7 Å². The molecule has 0 radical (unpaired) electrons. The van der Waals surface area contributed by atoms with Gasteiger partial charge in [0.2, 0.25) is 5.91 Å². The van der Waals surface area contributed by atoms with Crippen LogP contribution in [-0.2, 0) is 24.3 Å². The summed E-state index contributed by atoms with van der Waals surface area (Å²) in [6, 6.07) is 7.68. The van der Waals surface area contributed by atoms with Gasteiger partial charge in [0.1, 0.15) is 18.1 Å². The molecule has 0 N–H and O–H groups in total. The van der Waals surface area contributed by atoms with E-state index >= 15 is 0 Å². The molecule has 1 amide bonds. The van der Waals surface area contributed by atoms with Crippen molar-refractivity contribution < 1.29 is 22.7 Å². The lowest BCUT2D eigenvalue weighted by Gasteiger charge is -2.22. The number of nitrogens with zero attached hydrogens (tertiary/aromatic N) is 4. The smallest absolute Gasteiger partial charge is 0.406 e. The number of ether oxygens (including phenoxy) is 1. The van der Waals surface area contributed by atoms with Gasteiger partial charge in [0.25, 0.3) is 0 Å². The molecule has 3 rings (SSSR count). The summed E-state index contributed by atoms with van der Waals surface area (Å²) in [6.45, 7) is 1.88. The van der Waals surface area contributed by atoms with E-state index < -0.39 is 12.7 Å². The molecule has 0 unspecified atom stereocenters. The van der Waals surface area contributed by atoms with Crippen molar-refractivity contribution in [2.45, 2.75) is 38.5 Å². The van der Waals surface area contributed by atoms with Crippen LogP contribution in [0.25, 0.3) is 0 Å². The van der Waals surface area contributed by atoms with E-state index in [1.54, 1.807) is 7.11 Å². The van der Waals surface area contributed by atoms with Crippen LogP contribution in [0, 0.1) is 0 Å². The zero-order valence-corrected chi connectivity index (χ0v) is 17.1. The number of halogens is 3. The van der Waals surface area contributed by atoms with E-state index in [-0.39, 0.29) is 5.91 Å². The largest absolute Gasteiger partial charge is 0.497 e. The van der Waals surface area contributed by atoms with Gasteiger partial charge in [-0.05, 0) is 30.5 Å². The number of aryl methyl sites for hydroxylation is 1. The molecule has 0 aliphatic carbocycles. The molecule has 0 spiro atoms. The molecule has 2 aromatic rings. The Morgan fingerprint density at radius 1 is 1.13 bits per heavy atom. The molecule has 0 saturated carbocycles. The number of hydrogen-bond acceptors (Lipinski definition) is 4. The van der Waals surface area contributed by atoms with E-state index in [2.05, 4.69) is 9.88 Å². The third kappa shape index (κ3) is 6.48. The van der Waals surface area contributed by atoms with E-state index in [4.69, 9.17) is 4.74 Å². The van der Waals surface area contributed by atoms with Gasteiger partial charge in [-0.25, -0.2) is 4.98 Å². The number of methoxy groups -OCH3 is 1. The monoisotopic (exact) mass is 424 g/mol. The summed E-state index contributed by atoms with van der Waals surface area (Å²) < 4.78 is 44.4. The Bertz CT molecular complexity index is 820. The minimum Gasteiger partial charge on any atom is -0.497 e. The molecule has 1 aromatic carbocycles. The highest BCUT2D eigenvalue weighted by atomic mass is 19.4. The van der Waals surface area contributed by atoms with Crippen molar-refractivity contribution in [2.24, 2.45) is 0 Å². The molecule has 164 valence electrons. The SMILES string of the molecule is COc1ccc(CCC(=O)N2CCCN(Cc3nccn3CC(F)(F)F)CC2)cc1. The standard InChI is InChI=1S/C21H27F3N4O2/c1-30-18-6-3-17(4-7-18)5-8-20(29)27-11-2-10-26(13-14-27)15-19-25-9-12-28(19)16-21(22,23)24/h3-4,6-7,9,12H,2,5,8,10-11,13-16H2,1H3. The fourth-order valence-corrected chi connectivity index (χ4v) is 3.61. The summed E-state index contributed by atoms with van der Waals surface area (Å²) in [5.41, 5.74) is 1.08. The second kappa shape index (κ2) is 9.97. The van der Waals surface area contributed by atoms with Crippen molar-refractivity contribution in [1.82, 2.24) is 19.4 Å². The second-order valence-corrected chi connectivity index (χ2v) is 7.45. The molecule has 1 aromatic heterocycles. The molecule has 2 heterocycles. The first-order valence-corrected chi connectivity index (χ1v) is 10.0. The first kappa shape index (κ1) is 22.1. The van der Waals surface area contributed by atoms with Gasteiger partial charge >= 0.3 is 6.18 Å². The summed E-state index contributed by atoms with van der Waals surface area (Å²) >= 11 is 0. The minimum atomic E-state index is -4.28. The van der Waals surface area contributed by atoms with Gasteiger partial charge in [-0.2, -0.15) is 13.2 Å². The van der Waals surface area contributed by atoms with Gasteiger partial charge in [-0.15, -0.1) is 0 Å². The molecule has 1 saturated heterocycles. The summed E-state index contributed by atoms with van der Waals surface area (Å²) in [7, 11) is 1.62. The lowest BCUT2D eigenvalue weighted by Crippen LogP contribution is -2.35. The van der Waals surface area contributed by atoms with Crippen molar-refractivity contribution in [3.8, 4) is 5.75 Å². The molecular weight excluding hydrogens is 397 g/mol. The minimum absolute atomic E-state index is 0.103. The molecule has 1 aliphatic rings. The molecule has 0 atom stereocenters. The maximum Gasteiger partial charge on any atom is 0.406 e. The molecule has 6 nitrogen and oxygen atoms in total. The number of aromatic nitrogens is 2. The Labute approximate surface area is 174 Å². The molecule has 30 heavy (non-hydrogen) atoms. The Morgan fingerprint density at radius 2 is 1.90 bits per heavy atom. The summed E-state index contributed by atoms with van der Waals surface area (Å²) in [5.74, 6) is 1.28. The number of carbonyl (C=O) groups excluding carboxylic acids is 1. The van der Waals surface area contributed by atoms with Crippen molar-refractivity contribution in [1.29, 1.82) is 0 Å². The van der Waals surface area contributed by atoms with Crippen LogP contribution in [0.1, 0.15) is 24.2 Å². The average Bonchev–Trinajstić information content (AvgIpc) is 2.98. The summed E-state index contributed by atoms with van der Waals surface area (Å²) in [5, 5.41) is 0. The van der Waals surface area contributed by atoms with E-state index in [1.807, 2.05) is 29.2 Å². The van der Waals surface area contributed by atoms with Gasteiger partial charge in [-0.1, -0.05) is 12.1 Å². The number of hydrogen-bond donors (Lipinski definition) is 0. The highest BCUT2D eigenvalue weighted by molar-refractivity contribution is 5.76. The first-order valence-electron chi connectivity index (χ1n) is 10.0. The molecule has 9 heteroatoms. The van der Waals surface area contributed by atoms with Crippen molar-refractivity contribution in [3.05, 3.63) is 48.0 Å². The molecule has 1 aliphatic heterocycles. The van der Waals surface area contributed by atoms with Gasteiger partial charge in [0, 0.05) is 45.0 Å². The Morgan fingerprint density at radius 3 is 2.60 bits per heavy atom.